The highest BCUT2D eigenvalue weighted by Gasteiger charge is 2.23. The van der Waals surface area contributed by atoms with Crippen LogP contribution in [0.3, 0.4) is 0 Å². The summed E-state index contributed by atoms with van der Waals surface area (Å²) in [6.45, 7) is 1.51. The molecule has 1 aliphatic rings. The van der Waals surface area contributed by atoms with Crippen molar-refractivity contribution in [3.63, 3.8) is 0 Å². The van der Waals surface area contributed by atoms with Crippen molar-refractivity contribution in [2.45, 2.75) is 25.3 Å². The van der Waals surface area contributed by atoms with Crippen LogP contribution in [-0.2, 0) is 7.05 Å². The Labute approximate surface area is 183 Å². The molecule has 1 atom stereocenters. The zero-order valence-electron chi connectivity index (χ0n) is 17.5. The highest BCUT2D eigenvalue weighted by atomic mass is 19.1. The van der Waals surface area contributed by atoms with E-state index in [2.05, 4.69) is 20.3 Å². The summed E-state index contributed by atoms with van der Waals surface area (Å²) in [6, 6.07) is 5.09. The minimum atomic E-state index is -0.970. The molecule has 10 heteroatoms. The Hall–Kier alpha value is -3.40. The molecule has 0 unspecified atom stereocenters. The van der Waals surface area contributed by atoms with E-state index in [9.17, 15) is 18.0 Å². The van der Waals surface area contributed by atoms with Gasteiger partial charge in [-0.1, -0.05) is 0 Å². The molecule has 1 aromatic carbocycles. The molecule has 3 aromatic rings. The van der Waals surface area contributed by atoms with Crippen molar-refractivity contribution in [2.24, 2.45) is 12.8 Å². The van der Waals surface area contributed by atoms with Gasteiger partial charge >= 0.3 is 0 Å². The van der Waals surface area contributed by atoms with E-state index in [-0.39, 0.29) is 23.0 Å². The molecule has 0 aliphatic carbocycles. The zero-order valence-corrected chi connectivity index (χ0v) is 17.5. The molecule has 7 nitrogen and oxygen atoms in total. The molecular weight excluding hydrogens is 421 g/mol. The number of anilines is 2. The first kappa shape index (κ1) is 21.8. The van der Waals surface area contributed by atoms with E-state index in [1.807, 2.05) is 0 Å². The number of hydrogen-bond acceptors (Lipinski definition) is 5. The molecule has 1 aliphatic heterocycles. The van der Waals surface area contributed by atoms with Gasteiger partial charge in [-0.15, -0.1) is 0 Å². The lowest BCUT2D eigenvalue weighted by atomic mass is 10.1. The van der Waals surface area contributed by atoms with Crippen LogP contribution in [0.1, 0.15) is 29.8 Å². The molecule has 0 saturated carbocycles. The van der Waals surface area contributed by atoms with Crippen molar-refractivity contribution in [3.8, 4) is 11.3 Å². The third-order valence-corrected chi connectivity index (χ3v) is 5.49. The zero-order chi connectivity index (χ0) is 22.8. The summed E-state index contributed by atoms with van der Waals surface area (Å²) in [5, 5.41) is 7.02. The summed E-state index contributed by atoms with van der Waals surface area (Å²) < 4.78 is 43.4. The average molecular weight is 444 g/mol. The third kappa shape index (κ3) is 4.45. The van der Waals surface area contributed by atoms with E-state index in [4.69, 9.17) is 5.73 Å². The topological polar surface area (TPSA) is 89.1 Å². The molecule has 0 bridgehead atoms. The van der Waals surface area contributed by atoms with Gasteiger partial charge in [0.1, 0.15) is 34.5 Å². The van der Waals surface area contributed by atoms with Crippen LogP contribution in [0.15, 0.2) is 36.5 Å². The Morgan fingerprint density at radius 1 is 1.12 bits per heavy atom. The first-order valence-corrected chi connectivity index (χ1v) is 10.3. The summed E-state index contributed by atoms with van der Waals surface area (Å²) in [5.74, 6) is -2.45. The van der Waals surface area contributed by atoms with Crippen LogP contribution in [-0.4, -0.2) is 39.8 Å². The quantitative estimate of drug-likeness (QED) is 0.643. The predicted octanol–water partition coefficient (Wildman–Crippen LogP) is 3.47. The van der Waals surface area contributed by atoms with E-state index in [1.54, 1.807) is 11.7 Å². The fraction of sp³-hybridized carbons (Fsp3) is 0.318. The number of aromatic nitrogens is 3. The van der Waals surface area contributed by atoms with Crippen LogP contribution in [0.2, 0.25) is 0 Å². The van der Waals surface area contributed by atoms with Gasteiger partial charge in [0.2, 0.25) is 0 Å². The Morgan fingerprint density at radius 2 is 1.94 bits per heavy atom. The van der Waals surface area contributed by atoms with Crippen LogP contribution in [0, 0.1) is 17.5 Å². The van der Waals surface area contributed by atoms with Gasteiger partial charge in [-0.05, 0) is 43.5 Å². The largest absolute Gasteiger partial charge is 0.355 e. The maximum atomic E-state index is 14.3. The lowest BCUT2D eigenvalue weighted by molar-refractivity contribution is 0.102. The SMILES string of the molecule is Cn1ncc(NC(=O)c2ccc(F)c(-c3ccc(F)cc3F)n2)c1N1CCC[C@@H](N)CC1. The number of nitrogens with one attached hydrogen (secondary N) is 1. The van der Waals surface area contributed by atoms with Crippen LogP contribution < -0.4 is 16.0 Å². The third-order valence-electron chi connectivity index (χ3n) is 5.49. The smallest absolute Gasteiger partial charge is 0.274 e. The van der Waals surface area contributed by atoms with Crippen molar-refractivity contribution in [2.75, 3.05) is 23.3 Å². The van der Waals surface area contributed by atoms with Gasteiger partial charge < -0.3 is 16.0 Å². The van der Waals surface area contributed by atoms with Crippen molar-refractivity contribution in [1.82, 2.24) is 14.8 Å². The summed E-state index contributed by atoms with van der Waals surface area (Å²) in [4.78, 5) is 19.0. The second kappa shape index (κ2) is 8.99. The first-order chi connectivity index (χ1) is 15.3. The Bertz CT molecular complexity index is 1150. The van der Waals surface area contributed by atoms with Crippen molar-refractivity contribution < 1.29 is 18.0 Å². The highest BCUT2D eigenvalue weighted by molar-refractivity contribution is 6.04. The van der Waals surface area contributed by atoms with Crippen LogP contribution >= 0.6 is 0 Å². The van der Waals surface area contributed by atoms with Crippen molar-refractivity contribution in [1.29, 1.82) is 0 Å². The summed E-state index contributed by atoms with van der Waals surface area (Å²) in [5.41, 5.74) is 5.83. The number of hydrogen-bond donors (Lipinski definition) is 2. The first-order valence-electron chi connectivity index (χ1n) is 10.3. The maximum Gasteiger partial charge on any atom is 0.274 e. The summed E-state index contributed by atoms with van der Waals surface area (Å²) in [6.07, 6.45) is 4.21. The molecule has 1 fully saturated rings. The Balaban J connectivity index is 1.60. The van der Waals surface area contributed by atoms with Gasteiger partial charge in [0, 0.05) is 37.8 Å². The molecule has 1 amide bonds. The molecule has 32 heavy (non-hydrogen) atoms. The number of halogens is 3. The van der Waals surface area contributed by atoms with E-state index in [0.717, 1.165) is 56.4 Å². The van der Waals surface area contributed by atoms with E-state index >= 15 is 0 Å². The number of nitrogens with two attached hydrogens (primary N) is 1. The number of aryl methyl sites for hydroxylation is 1. The normalized spacial score (nSPS) is 16.7. The van der Waals surface area contributed by atoms with Gasteiger partial charge in [-0.25, -0.2) is 18.2 Å². The average Bonchev–Trinajstić information content (AvgIpc) is 2.97. The van der Waals surface area contributed by atoms with Gasteiger partial charge in [-0.3, -0.25) is 9.48 Å². The number of carbonyl (C=O) groups is 1. The molecule has 0 radical (unpaired) electrons. The van der Waals surface area contributed by atoms with Gasteiger partial charge in [0.15, 0.2) is 5.82 Å². The molecule has 1 saturated heterocycles. The number of benzene rings is 1. The lowest BCUT2D eigenvalue weighted by Gasteiger charge is -2.24. The molecule has 4 rings (SSSR count). The van der Waals surface area contributed by atoms with Gasteiger partial charge in [0.25, 0.3) is 5.91 Å². The minimum Gasteiger partial charge on any atom is -0.355 e. The molecule has 0 spiro atoms. The van der Waals surface area contributed by atoms with E-state index in [0.29, 0.717) is 11.8 Å². The van der Waals surface area contributed by atoms with Crippen LogP contribution in [0.4, 0.5) is 24.7 Å². The molecule has 3 heterocycles. The van der Waals surface area contributed by atoms with Crippen molar-refractivity contribution >= 4 is 17.4 Å². The number of nitrogens with zero attached hydrogens (tertiary/aromatic N) is 4. The monoisotopic (exact) mass is 444 g/mol. The number of amides is 1. The Morgan fingerprint density at radius 3 is 2.72 bits per heavy atom. The van der Waals surface area contributed by atoms with Crippen LogP contribution in [0.5, 0.6) is 0 Å². The molecular formula is C22H23F3N6O. The van der Waals surface area contributed by atoms with Gasteiger partial charge in [0.05, 0.1) is 6.20 Å². The highest BCUT2D eigenvalue weighted by Crippen LogP contribution is 2.29. The second-order valence-electron chi connectivity index (χ2n) is 7.79. The number of carbonyl (C=O) groups excluding carboxylic acids is 1. The fourth-order valence-corrected chi connectivity index (χ4v) is 3.85. The molecule has 3 N–H and O–H groups in total. The maximum absolute atomic E-state index is 14.3. The van der Waals surface area contributed by atoms with Crippen LogP contribution in [0.25, 0.3) is 11.3 Å². The lowest BCUT2D eigenvalue weighted by Crippen LogP contribution is -2.29. The fourth-order valence-electron chi connectivity index (χ4n) is 3.85. The minimum absolute atomic E-state index is 0.113. The molecule has 168 valence electrons. The summed E-state index contributed by atoms with van der Waals surface area (Å²) >= 11 is 0. The standard InChI is InChI=1S/C22H23F3N6O/c1-30-22(31-9-2-3-14(26)8-10-31)19(12-27-30)29-21(32)18-7-6-16(24)20(28-18)15-5-4-13(23)11-17(15)25/h4-7,11-12,14H,2-3,8-10,26H2,1H3,(H,29,32)/t14-/m1/s1. The predicted molar refractivity (Wildman–Crippen MR) is 115 cm³/mol. The second-order valence-corrected chi connectivity index (χ2v) is 7.79. The van der Waals surface area contributed by atoms with E-state index in [1.165, 1.54) is 12.3 Å². The van der Waals surface area contributed by atoms with Crippen molar-refractivity contribution in [3.05, 3.63) is 59.7 Å². The summed E-state index contributed by atoms with van der Waals surface area (Å²) in [7, 11) is 1.78. The van der Waals surface area contributed by atoms with Gasteiger partial charge in [-0.2, -0.15) is 5.10 Å². The van der Waals surface area contributed by atoms with E-state index < -0.39 is 23.4 Å². The Kier molecular flexibility index (Phi) is 6.13. The number of pyridine rings is 1. The number of rotatable bonds is 4. The molecule has 2 aromatic heterocycles.